The van der Waals surface area contributed by atoms with E-state index in [1.54, 1.807) is 54.6 Å². The maximum absolute atomic E-state index is 14.5. The lowest BCUT2D eigenvalue weighted by Crippen LogP contribution is -2.36. The minimum atomic E-state index is -0.636. The fourth-order valence-corrected chi connectivity index (χ4v) is 4.58. The molecule has 38 heavy (non-hydrogen) atoms. The quantitative estimate of drug-likeness (QED) is 0.324. The molecule has 0 spiro atoms. The Bertz CT molecular complexity index is 1440. The Balaban J connectivity index is 1.39. The summed E-state index contributed by atoms with van der Waals surface area (Å²) in [6, 6.07) is 9.22. The summed E-state index contributed by atoms with van der Waals surface area (Å²) in [6.07, 6.45) is 6.34. The first kappa shape index (κ1) is 25.6. The topological polar surface area (TPSA) is 123 Å². The van der Waals surface area contributed by atoms with Crippen LogP contribution < -0.4 is 15.4 Å². The first-order valence-electron chi connectivity index (χ1n) is 12.3. The second-order valence-corrected chi connectivity index (χ2v) is 9.26. The molecule has 198 valence electrons. The molecule has 2 aromatic heterocycles. The van der Waals surface area contributed by atoms with Crippen molar-refractivity contribution in [2.75, 3.05) is 25.6 Å². The number of anilines is 1. The molecular formula is C27H29FN6O4. The molecule has 2 unspecified atom stereocenters. The summed E-state index contributed by atoms with van der Waals surface area (Å²) in [4.78, 5) is 22.4. The third-order valence-corrected chi connectivity index (χ3v) is 6.59. The van der Waals surface area contributed by atoms with E-state index in [-0.39, 0.29) is 30.4 Å². The van der Waals surface area contributed by atoms with Gasteiger partial charge in [0.2, 0.25) is 5.95 Å². The van der Waals surface area contributed by atoms with Crippen molar-refractivity contribution in [3.63, 3.8) is 0 Å². The standard InChI is InChI=1S/C27H29FN6O4/c1-34-14-19(13-30-34)25(16-5-6-24(37-2)22(28)9-16)33-26(36)17-3-4-18-12-29-27(32-23(18)10-17)31-20-7-8-38-21(11-20)15-35/h3-6,9-10,12-14,20-21,25,35H,7-8,11,15H2,1-2H3,(H,33,36)(H,29,31,32)/t20?,21?,25-/m0/s1. The maximum atomic E-state index is 14.5. The third kappa shape index (κ3) is 5.58. The van der Waals surface area contributed by atoms with Crippen molar-refractivity contribution in [3.05, 3.63) is 77.5 Å². The molecule has 1 fully saturated rings. The Hall–Kier alpha value is -4.09. The van der Waals surface area contributed by atoms with Crippen molar-refractivity contribution in [2.45, 2.75) is 31.0 Å². The third-order valence-electron chi connectivity index (χ3n) is 6.59. The summed E-state index contributed by atoms with van der Waals surface area (Å²) >= 11 is 0. The molecule has 5 rings (SSSR count). The number of carbonyl (C=O) groups excluding carboxylic acids is 1. The summed E-state index contributed by atoms with van der Waals surface area (Å²) in [5, 5.41) is 20.7. The van der Waals surface area contributed by atoms with Crippen LogP contribution in [0.3, 0.4) is 0 Å². The average molecular weight is 521 g/mol. The van der Waals surface area contributed by atoms with Crippen LogP contribution >= 0.6 is 0 Å². The van der Waals surface area contributed by atoms with Gasteiger partial charge < -0.3 is 25.2 Å². The van der Waals surface area contributed by atoms with Gasteiger partial charge in [-0.3, -0.25) is 9.48 Å². The van der Waals surface area contributed by atoms with E-state index in [1.807, 2.05) is 0 Å². The molecule has 3 N–H and O–H groups in total. The predicted octanol–water partition coefficient (Wildman–Crippen LogP) is 2.98. The summed E-state index contributed by atoms with van der Waals surface area (Å²) in [5.41, 5.74) is 2.26. The molecule has 3 heterocycles. The van der Waals surface area contributed by atoms with Gasteiger partial charge in [-0.1, -0.05) is 12.1 Å². The largest absolute Gasteiger partial charge is 0.494 e. The number of halogens is 1. The van der Waals surface area contributed by atoms with Crippen LogP contribution in [0.1, 0.15) is 40.4 Å². The zero-order chi connectivity index (χ0) is 26.6. The Morgan fingerprint density at radius 3 is 2.87 bits per heavy atom. The van der Waals surface area contributed by atoms with E-state index in [4.69, 9.17) is 9.47 Å². The van der Waals surface area contributed by atoms with Crippen molar-refractivity contribution >= 4 is 22.8 Å². The van der Waals surface area contributed by atoms with E-state index in [2.05, 4.69) is 25.7 Å². The molecular weight excluding hydrogens is 491 g/mol. The molecule has 0 bridgehead atoms. The number of aliphatic hydroxyl groups is 1. The number of hydrogen-bond acceptors (Lipinski definition) is 8. The number of fused-ring (bicyclic) bond motifs is 1. The number of methoxy groups -OCH3 is 1. The van der Waals surface area contributed by atoms with Crippen LogP contribution in [0.15, 0.2) is 55.0 Å². The van der Waals surface area contributed by atoms with Gasteiger partial charge in [0.15, 0.2) is 11.6 Å². The molecule has 10 nitrogen and oxygen atoms in total. The highest BCUT2D eigenvalue weighted by Gasteiger charge is 2.23. The lowest BCUT2D eigenvalue weighted by molar-refractivity contribution is -0.0213. The van der Waals surface area contributed by atoms with Crippen LogP contribution in [-0.2, 0) is 11.8 Å². The summed E-state index contributed by atoms with van der Waals surface area (Å²) < 4.78 is 26.7. The van der Waals surface area contributed by atoms with Crippen molar-refractivity contribution in [1.82, 2.24) is 25.1 Å². The monoisotopic (exact) mass is 520 g/mol. The van der Waals surface area contributed by atoms with Crippen molar-refractivity contribution in [1.29, 1.82) is 0 Å². The van der Waals surface area contributed by atoms with Crippen LogP contribution in [0, 0.1) is 5.82 Å². The van der Waals surface area contributed by atoms with E-state index in [9.17, 15) is 14.3 Å². The first-order chi connectivity index (χ1) is 18.4. The van der Waals surface area contributed by atoms with Gasteiger partial charge in [-0.2, -0.15) is 5.10 Å². The second kappa shape index (κ2) is 11.1. The number of nitrogens with zero attached hydrogens (tertiary/aromatic N) is 4. The molecule has 4 aromatic rings. The molecule has 1 aliphatic heterocycles. The Labute approximate surface area is 218 Å². The van der Waals surface area contributed by atoms with Gasteiger partial charge in [0.1, 0.15) is 0 Å². The van der Waals surface area contributed by atoms with Gasteiger partial charge in [-0.05, 0) is 42.7 Å². The van der Waals surface area contributed by atoms with Gasteiger partial charge in [-0.25, -0.2) is 14.4 Å². The van der Waals surface area contributed by atoms with Crippen LogP contribution in [0.2, 0.25) is 0 Å². The van der Waals surface area contributed by atoms with E-state index in [1.165, 1.54) is 19.2 Å². The minimum Gasteiger partial charge on any atom is -0.494 e. The number of amides is 1. The molecule has 3 atom stereocenters. The molecule has 0 saturated carbocycles. The van der Waals surface area contributed by atoms with Crippen molar-refractivity contribution in [3.8, 4) is 5.75 Å². The van der Waals surface area contributed by atoms with Crippen LogP contribution in [0.25, 0.3) is 10.9 Å². The molecule has 0 aliphatic carbocycles. The van der Waals surface area contributed by atoms with Crippen LogP contribution in [0.5, 0.6) is 5.75 Å². The molecule has 2 aromatic carbocycles. The minimum absolute atomic E-state index is 0.0293. The zero-order valence-corrected chi connectivity index (χ0v) is 21.1. The summed E-state index contributed by atoms with van der Waals surface area (Å²) in [7, 11) is 3.17. The predicted molar refractivity (Wildman–Crippen MR) is 138 cm³/mol. The number of aliphatic hydroxyl groups excluding tert-OH is 1. The van der Waals surface area contributed by atoms with Gasteiger partial charge in [0.25, 0.3) is 5.91 Å². The highest BCUT2D eigenvalue weighted by molar-refractivity contribution is 5.98. The fraction of sp³-hybridized carbons (Fsp3) is 0.333. The number of rotatable bonds is 8. The van der Waals surface area contributed by atoms with Gasteiger partial charge in [0.05, 0.1) is 37.6 Å². The SMILES string of the molecule is COc1ccc([C@H](NC(=O)c2ccc3cnc(NC4CCOC(CO)C4)nc3c2)c2cnn(C)c2)cc1F. The number of aryl methyl sites for hydroxylation is 1. The average Bonchev–Trinajstić information content (AvgIpc) is 3.37. The van der Waals surface area contributed by atoms with Crippen molar-refractivity contribution in [2.24, 2.45) is 7.05 Å². The van der Waals surface area contributed by atoms with E-state index >= 15 is 0 Å². The van der Waals surface area contributed by atoms with Crippen LogP contribution in [-0.4, -0.2) is 63.2 Å². The van der Waals surface area contributed by atoms with Crippen LogP contribution in [0.4, 0.5) is 10.3 Å². The number of ether oxygens (including phenoxy) is 2. The number of hydrogen-bond donors (Lipinski definition) is 3. The van der Waals surface area contributed by atoms with E-state index in [0.717, 1.165) is 11.8 Å². The number of benzene rings is 2. The molecule has 1 saturated heterocycles. The fourth-order valence-electron chi connectivity index (χ4n) is 4.58. The van der Waals surface area contributed by atoms with Gasteiger partial charge in [-0.15, -0.1) is 0 Å². The molecule has 1 amide bonds. The summed E-state index contributed by atoms with van der Waals surface area (Å²) in [6.45, 7) is 0.523. The highest BCUT2D eigenvalue weighted by atomic mass is 19.1. The van der Waals surface area contributed by atoms with E-state index < -0.39 is 11.9 Å². The molecule has 0 radical (unpaired) electrons. The summed E-state index contributed by atoms with van der Waals surface area (Å²) in [5.74, 6) is -0.303. The Morgan fingerprint density at radius 2 is 2.13 bits per heavy atom. The number of nitrogens with one attached hydrogen (secondary N) is 2. The van der Waals surface area contributed by atoms with Gasteiger partial charge >= 0.3 is 0 Å². The zero-order valence-electron chi connectivity index (χ0n) is 21.1. The lowest BCUT2D eigenvalue weighted by atomic mass is 10.0. The first-order valence-corrected chi connectivity index (χ1v) is 12.3. The lowest BCUT2D eigenvalue weighted by Gasteiger charge is -2.29. The smallest absolute Gasteiger partial charge is 0.252 e. The normalized spacial score (nSPS) is 18.2. The Kier molecular flexibility index (Phi) is 7.47. The molecule has 1 aliphatic rings. The van der Waals surface area contributed by atoms with E-state index in [0.29, 0.717) is 41.2 Å². The van der Waals surface area contributed by atoms with Gasteiger partial charge in [0, 0.05) is 48.6 Å². The number of carbonyl (C=O) groups is 1. The molecule has 11 heteroatoms. The second-order valence-electron chi connectivity index (χ2n) is 9.26. The Morgan fingerprint density at radius 1 is 1.26 bits per heavy atom. The number of aromatic nitrogens is 4. The van der Waals surface area contributed by atoms with Crippen molar-refractivity contribution < 1.29 is 23.8 Å². The highest BCUT2D eigenvalue weighted by Crippen LogP contribution is 2.27. The maximum Gasteiger partial charge on any atom is 0.252 e.